The molecule has 3 nitrogen and oxygen atoms in total. The average molecular weight is 311 g/mol. The smallest absolute Gasteiger partial charge is 0.281 e. The molecule has 1 aromatic heterocycles. The number of thioether (sulfide) groups is 1. The number of halogens is 1. The molecule has 0 amide bonds. The predicted octanol–water partition coefficient (Wildman–Crippen LogP) is 2.66. The second kappa shape index (κ2) is 4.46. The summed E-state index contributed by atoms with van der Waals surface area (Å²) in [6.07, 6.45) is 1.11. The molecule has 0 saturated heterocycles. The van der Waals surface area contributed by atoms with Crippen LogP contribution in [0.3, 0.4) is 0 Å². The number of hydrogen-bond donors (Lipinski definition) is 0. The van der Waals surface area contributed by atoms with Crippen molar-refractivity contribution in [2.24, 2.45) is 0 Å². The first-order valence-electron chi connectivity index (χ1n) is 5.52. The van der Waals surface area contributed by atoms with Crippen LogP contribution in [-0.2, 0) is 6.54 Å². The largest absolute Gasteiger partial charge is 0.320 e. The molecule has 2 heterocycles. The second-order valence-electron chi connectivity index (χ2n) is 4.05. The fourth-order valence-electron chi connectivity index (χ4n) is 2.10. The summed E-state index contributed by atoms with van der Waals surface area (Å²) < 4.78 is 2.15. The van der Waals surface area contributed by atoms with Crippen molar-refractivity contribution in [1.82, 2.24) is 9.55 Å². The first kappa shape index (κ1) is 11.3. The van der Waals surface area contributed by atoms with Crippen molar-refractivity contribution < 1.29 is 0 Å². The first-order chi connectivity index (χ1) is 8.29. The van der Waals surface area contributed by atoms with Gasteiger partial charge < -0.3 is 4.57 Å². The van der Waals surface area contributed by atoms with Gasteiger partial charge in [0.15, 0.2) is 5.16 Å². The summed E-state index contributed by atoms with van der Waals surface area (Å²) in [7, 11) is 0. The molecule has 0 saturated carbocycles. The molecule has 1 aliphatic heterocycles. The van der Waals surface area contributed by atoms with E-state index in [4.69, 9.17) is 0 Å². The number of nitrogens with zero attached hydrogens (tertiary/aromatic N) is 2. The van der Waals surface area contributed by atoms with Crippen LogP contribution in [0.1, 0.15) is 6.42 Å². The molecule has 1 atom stereocenters. The van der Waals surface area contributed by atoms with Crippen LogP contribution in [0, 0.1) is 0 Å². The fraction of sp³-hybridized carbons (Fsp3) is 0.333. The van der Waals surface area contributed by atoms with Crippen LogP contribution in [0.25, 0.3) is 10.9 Å². The number of alkyl halides is 1. The molecule has 0 bridgehead atoms. The lowest BCUT2D eigenvalue weighted by atomic mass is 10.2. The number of benzene rings is 1. The van der Waals surface area contributed by atoms with Gasteiger partial charge in [0.05, 0.1) is 10.9 Å². The zero-order chi connectivity index (χ0) is 11.8. The fourth-order valence-corrected chi connectivity index (χ4v) is 3.85. The van der Waals surface area contributed by atoms with E-state index in [9.17, 15) is 4.79 Å². The lowest BCUT2D eigenvalue weighted by Gasteiger charge is -2.24. The molecule has 0 unspecified atom stereocenters. The molecule has 88 valence electrons. The summed E-state index contributed by atoms with van der Waals surface area (Å²) in [5, 5.41) is 3.03. The first-order valence-corrected chi connectivity index (χ1v) is 7.52. The minimum atomic E-state index is -0.116. The molecule has 0 radical (unpaired) electrons. The third-order valence-corrected chi connectivity index (χ3v) is 5.44. The van der Waals surface area contributed by atoms with Gasteiger partial charge in [0.2, 0.25) is 0 Å². The van der Waals surface area contributed by atoms with E-state index in [0.717, 1.165) is 29.0 Å². The number of rotatable bonds is 1. The quantitative estimate of drug-likeness (QED) is 0.600. The van der Waals surface area contributed by atoms with Gasteiger partial charge >= 0.3 is 0 Å². The van der Waals surface area contributed by atoms with Gasteiger partial charge in [-0.1, -0.05) is 39.8 Å². The third-order valence-electron chi connectivity index (χ3n) is 2.97. The van der Waals surface area contributed by atoms with E-state index in [0.29, 0.717) is 10.6 Å². The average Bonchev–Trinajstić information content (AvgIpc) is 2.38. The lowest BCUT2D eigenvalue weighted by Crippen LogP contribution is -2.23. The molecule has 0 spiro atoms. The van der Waals surface area contributed by atoms with Gasteiger partial charge in [0.1, 0.15) is 0 Å². The van der Waals surface area contributed by atoms with Crippen molar-refractivity contribution in [3.8, 4) is 0 Å². The Hall–Kier alpha value is -0.810. The van der Waals surface area contributed by atoms with E-state index in [2.05, 4.69) is 25.5 Å². The summed E-state index contributed by atoms with van der Waals surface area (Å²) in [6.45, 7) is 0.937. The van der Waals surface area contributed by atoms with Crippen LogP contribution in [0.15, 0.2) is 34.2 Å². The second-order valence-corrected chi connectivity index (χ2v) is 5.97. The number of aromatic nitrogens is 2. The Morgan fingerprint density at radius 1 is 1.47 bits per heavy atom. The van der Waals surface area contributed by atoms with Crippen LogP contribution < -0.4 is 5.56 Å². The van der Waals surface area contributed by atoms with Gasteiger partial charge in [-0.2, -0.15) is 4.98 Å². The molecule has 0 N–H and O–H groups in total. The van der Waals surface area contributed by atoms with E-state index in [-0.39, 0.29) is 5.56 Å². The Morgan fingerprint density at radius 3 is 3.12 bits per heavy atom. The van der Waals surface area contributed by atoms with Crippen molar-refractivity contribution in [2.45, 2.75) is 23.4 Å². The summed E-state index contributed by atoms with van der Waals surface area (Å²) in [6, 6.07) is 7.70. The number of hydrogen-bond acceptors (Lipinski definition) is 3. The van der Waals surface area contributed by atoms with Crippen molar-refractivity contribution in [2.75, 3.05) is 5.33 Å². The maximum Gasteiger partial charge on any atom is 0.281 e. The molecule has 17 heavy (non-hydrogen) atoms. The summed E-state index contributed by atoms with van der Waals surface area (Å²) in [5.74, 6) is 0. The van der Waals surface area contributed by atoms with Crippen molar-refractivity contribution >= 4 is 38.6 Å². The van der Waals surface area contributed by atoms with E-state index in [1.807, 2.05) is 24.3 Å². The van der Waals surface area contributed by atoms with Crippen LogP contribution >= 0.6 is 27.7 Å². The Bertz CT molecular complexity index is 625. The Kier molecular flexibility index (Phi) is 2.96. The van der Waals surface area contributed by atoms with Crippen molar-refractivity contribution in [3.63, 3.8) is 0 Å². The van der Waals surface area contributed by atoms with Crippen LogP contribution in [-0.4, -0.2) is 20.1 Å². The summed E-state index contributed by atoms with van der Waals surface area (Å²) in [5.41, 5.74) is 0.887. The normalized spacial score (nSPS) is 19.2. The van der Waals surface area contributed by atoms with E-state index < -0.39 is 0 Å². The van der Waals surface area contributed by atoms with Gasteiger partial charge in [-0.05, 0) is 18.6 Å². The predicted molar refractivity (Wildman–Crippen MR) is 74.1 cm³/mol. The minimum Gasteiger partial charge on any atom is -0.320 e. The monoisotopic (exact) mass is 310 g/mol. The highest BCUT2D eigenvalue weighted by Gasteiger charge is 2.21. The standard InChI is InChI=1S/C12H11BrN2OS/c13-7-8-5-6-15-10-4-2-1-3-9(10)11(16)14-12(15)17-8/h1-4,8H,5-7H2/t8-/m1/s1. The Labute approximate surface area is 111 Å². The maximum atomic E-state index is 11.9. The van der Waals surface area contributed by atoms with Crippen molar-refractivity contribution in [1.29, 1.82) is 0 Å². The van der Waals surface area contributed by atoms with Gasteiger partial charge in [-0.25, -0.2) is 0 Å². The molecule has 0 aliphatic carbocycles. The molecule has 3 rings (SSSR count). The highest BCUT2D eigenvalue weighted by atomic mass is 79.9. The molecule has 0 fully saturated rings. The highest BCUT2D eigenvalue weighted by Crippen LogP contribution is 2.31. The van der Waals surface area contributed by atoms with Crippen LogP contribution in [0.2, 0.25) is 0 Å². The molecular formula is C12H11BrN2OS. The number of aryl methyl sites for hydroxylation is 1. The van der Waals surface area contributed by atoms with Crippen molar-refractivity contribution in [3.05, 3.63) is 34.6 Å². The Balaban J connectivity index is 2.24. The molecule has 1 aromatic carbocycles. The minimum absolute atomic E-state index is 0.116. The SMILES string of the molecule is O=c1nc2n(c3ccccc13)CC[C@H](CBr)S2. The molecular weight excluding hydrogens is 300 g/mol. The van der Waals surface area contributed by atoms with E-state index in [1.165, 1.54) is 0 Å². The van der Waals surface area contributed by atoms with E-state index >= 15 is 0 Å². The molecule has 1 aliphatic rings. The van der Waals surface area contributed by atoms with Crippen LogP contribution in [0.4, 0.5) is 0 Å². The number of para-hydroxylation sites is 1. The van der Waals surface area contributed by atoms with Gasteiger partial charge in [-0.15, -0.1) is 0 Å². The highest BCUT2D eigenvalue weighted by molar-refractivity contribution is 9.09. The lowest BCUT2D eigenvalue weighted by molar-refractivity contribution is 0.570. The maximum absolute atomic E-state index is 11.9. The van der Waals surface area contributed by atoms with Gasteiger partial charge in [0, 0.05) is 17.1 Å². The van der Waals surface area contributed by atoms with E-state index in [1.54, 1.807) is 11.8 Å². The van der Waals surface area contributed by atoms with Gasteiger partial charge in [0.25, 0.3) is 5.56 Å². The van der Waals surface area contributed by atoms with Gasteiger partial charge in [-0.3, -0.25) is 4.79 Å². The number of fused-ring (bicyclic) bond motifs is 3. The molecule has 5 heteroatoms. The van der Waals surface area contributed by atoms with Crippen LogP contribution in [0.5, 0.6) is 0 Å². The summed E-state index contributed by atoms with van der Waals surface area (Å²) >= 11 is 5.19. The Morgan fingerprint density at radius 2 is 2.29 bits per heavy atom. The topological polar surface area (TPSA) is 34.9 Å². The zero-order valence-corrected chi connectivity index (χ0v) is 11.5. The summed E-state index contributed by atoms with van der Waals surface area (Å²) in [4.78, 5) is 16.1. The third kappa shape index (κ3) is 1.91. The molecule has 2 aromatic rings. The zero-order valence-electron chi connectivity index (χ0n) is 9.10.